The Kier molecular flexibility index (Phi) is 5.97. The summed E-state index contributed by atoms with van der Waals surface area (Å²) in [6, 6.07) is 3.90. The Morgan fingerprint density at radius 2 is 2.12 bits per heavy atom. The molecular formula is C24H24F3N5. The Bertz CT molecular complexity index is 1180. The van der Waals surface area contributed by atoms with Crippen LogP contribution in [-0.4, -0.2) is 27.0 Å². The van der Waals surface area contributed by atoms with Crippen LogP contribution in [0, 0.1) is 0 Å². The van der Waals surface area contributed by atoms with Crippen molar-refractivity contribution in [2.45, 2.75) is 38.9 Å². The highest BCUT2D eigenvalue weighted by molar-refractivity contribution is 6.15. The summed E-state index contributed by atoms with van der Waals surface area (Å²) in [5, 5.41) is 4.61. The number of aromatic nitrogens is 3. The lowest BCUT2D eigenvalue weighted by Gasteiger charge is -2.13. The van der Waals surface area contributed by atoms with Crippen LogP contribution in [0.4, 0.5) is 13.2 Å². The third-order valence-corrected chi connectivity index (χ3v) is 5.45. The van der Waals surface area contributed by atoms with Crippen LogP contribution in [0.25, 0.3) is 17.0 Å². The molecule has 0 amide bonds. The minimum Gasteiger partial charge on any atom is -0.330 e. The molecule has 5 nitrogen and oxygen atoms in total. The van der Waals surface area contributed by atoms with Gasteiger partial charge in [0.2, 0.25) is 0 Å². The number of halogens is 3. The second-order valence-electron chi connectivity index (χ2n) is 7.89. The number of hydrogen-bond acceptors (Lipinski definition) is 4. The molecular weight excluding hydrogens is 415 g/mol. The fourth-order valence-electron chi connectivity index (χ4n) is 3.88. The first-order valence-corrected chi connectivity index (χ1v) is 10.4. The molecule has 0 unspecified atom stereocenters. The molecule has 0 saturated heterocycles. The first-order chi connectivity index (χ1) is 15.3. The predicted molar refractivity (Wildman–Crippen MR) is 120 cm³/mol. The van der Waals surface area contributed by atoms with Gasteiger partial charge in [-0.15, -0.1) is 0 Å². The number of aliphatic imine (C=N–C) groups is 1. The molecule has 2 aromatic rings. The van der Waals surface area contributed by atoms with Crippen molar-refractivity contribution in [1.82, 2.24) is 14.8 Å². The molecule has 0 atom stereocenters. The molecule has 1 aliphatic carbocycles. The monoisotopic (exact) mass is 439 g/mol. The van der Waals surface area contributed by atoms with Gasteiger partial charge in [-0.25, -0.2) is 4.98 Å². The van der Waals surface area contributed by atoms with Crippen LogP contribution in [0.5, 0.6) is 0 Å². The Morgan fingerprint density at radius 1 is 1.31 bits per heavy atom. The number of pyridine rings is 1. The molecule has 0 radical (unpaired) electrons. The lowest BCUT2D eigenvalue weighted by atomic mass is 9.93. The van der Waals surface area contributed by atoms with Gasteiger partial charge in [-0.3, -0.25) is 9.67 Å². The first-order valence-electron chi connectivity index (χ1n) is 10.4. The Balaban J connectivity index is 1.74. The van der Waals surface area contributed by atoms with Gasteiger partial charge in [0.1, 0.15) is 11.4 Å². The fourth-order valence-corrected chi connectivity index (χ4v) is 3.88. The standard InChI is InChI=1S/C24H24F3N5/c1-15(10-11-28)14-29-18-9-8-17(13-16(18)2)22-20-6-4-12-32(20)31-23(22)19-5-3-7-21(30-19)24(25,26)27/h3,5,7-9,13-14H,2,4,6,10-12,28H2,1H3/b15-14+,29-18?. The van der Waals surface area contributed by atoms with E-state index >= 15 is 0 Å². The maximum absolute atomic E-state index is 13.2. The van der Waals surface area contributed by atoms with Crippen molar-refractivity contribution in [2.75, 3.05) is 6.54 Å². The molecule has 2 aliphatic rings. The van der Waals surface area contributed by atoms with Gasteiger partial charge in [0, 0.05) is 24.0 Å². The number of rotatable bonds is 5. The summed E-state index contributed by atoms with van der Waals surface area (Å²) in [4.78, 5) is 8.37. The normalized spacial score (nSPS) is 17.8. The third-order valence-electron chi connectivity index (χ3n) is 5.45. The maximum Gasteiger partial charge on any atom is 0.433 e. The average molecular weight is 439 g/mol. The molecule has 0 aromatic carbocycles. The fraction of sp³-hybridized carbons (Fsp3) is 0.292. The lowest BCUT2D eigenvalue weighted by molar-refractivity contribution is -0.141. The molecule has 166 valence electrons. The number of alkyl halides is 3. The van der Waals surface area contributed by atoms with Crippen molar-refractivity contribution in [2.24, 2.45) is 10.7 Å². The number of hydrogen-bond donors (Lipinski definition) is 1. The Morgan fingerprint density at radius 3 is 2.84 bits per heavy atom. The van der Waals surface area contributed by atoms with Crippen LogP contribution >= 0.6 is 0 Å². The van der Waals surface area contributed by atoms with Crippen molar-refractivity contribution in [3.8, 4) is 11.4 Å². The largest absolute Gasteiger partial charge is 0.433 e. The highest BCUT2D eigenvalue weighted by Crippen LogP contribution is 2.37. The van der Waals surface area contributed by atoms with Crippen LogP contribution in [0.15, 0.2) is 65.3 Å². The number of nitrogens with two attached hydrogens (primary N) is 1. The minimum atomic E-state index is -4.52. The van der Waals surface area contributed by atoms with E-state index in [0.29, 0.717) is 12.2 Å². The molecule has 2 aromatic heterocycles. The van der Waals surface area contributed by atoms with E-state index in [-0.39, 0.29) is 5.69 Å². The van der Waals surface area contributed by atoms with E-state index in [1.54, 1.807) is 12.3 Å². The average Bonchev–Trinajstić information content (AvgIpc) is 3.34. The molecule has 1 aliphatic heterocycles. The molecule has 0 bridgehead atoms. The van der Waals surface area contributed by atoms with Gasteiger partial charge in [-0.2, -0.15) is 18.3 Å². The SMILES string of the molecule is C=C1C=C(c2c(-c3cccc(C(F)(F)F)n3)nn3c2CCC3)C=CC1=N/C=C(\C)CCN. The van der Waals surface area contributed by atoms with E-state index in [1.807, 2.05) is 29.8 Å². The van der Waals surface area contributed by atoms with E-state index in [4.69, 9.17) is 5.73 Å². The summed E-state index contributed by atoms with van der Waals surface area (Å²) in [5.41, 5.74) is 10.5. The summed E-state index contributed by atoms with van der Waals surface area (Å²) >= 11 is 0. The summed E-state index contributed by atoms with van der Waals surface area (Å²) in [7, 11) is 0. The molecule has 4 rings (SSSR count). The molecule has 32 heavy (non-hydrogen) atoms. The zero-order chi connectivity index (χ0) is 22.9. The topological polar surface area (TPSA) is 69.1 Å². The van der Waals surface area contributed by atoms with Crippen LogP contribution in [0.1, 0.15) is 36.7 Å². The highest BCUT2D eigenvalue weighted by atomic mass is 19.4. The van der Waals surface area contributed by atoms with Crippen molar-refractivity contribution in [1.29, 1.82) is 0 Å². The van der Waals surface area contributed by atoms with Gasteiger partial charge in [-0.05, 0) is 68.2 Å². The Labute approximate surface area is 184 Å². The number of aryl methyl sites for hydroxylation is 1. The van der Waals surface area contributed by atoms with E-state index in [0.717, 1.165) is 65.6 Å². The quantitative estimate of drug-likeness (QED) is 0.704. The first kappa shape index (κ1) is 22.0. The van der Waals surface area contributed by atoms with Gasteiger partial charge >= 0.3 is 6.18 Å². The van der Waals surface area contributed by atoms with Gasteiger partial charge in [0.05, 0.1) is 11.4 Å². The van der Waals surface area contributed by atoms with E-state index < -0.39 is 11.9 Å². The predicted octanol–water partition coefficient (Wildman–Crippen LogP) is 5.11. The zero-order valence-corrected chi connectivity index (χ0v) is 17.8. The molecule has 8 heteroatoms. The maximum atomic E-state index is 13.2. The van der Waals surface area contributed by atoms with Crippen molar-refractivity contribution < 1.29 is 13.2 Å². The zero-order valence-electron chi connectivity index (χ0n) is 17.8. The van der Waals surface area contributed by atoms with Gasteiger partial charge in [-0.1, -0.05) is 24.3 Å². The molecule has 2 N–H and O–H groups in total. The van der Waals surface area contributed by atoms with E-state index in [1.165, 1.54) is 6.07 Å². The number of fused-ring (bicyclic) bond motifs is 1. The van der Waals surface area contributed by atoms with Crippen molar-refractivity contribution in [3.05, 3.63) is 77.3 Å². The van der Waals surface area contributed by atoms with Crippen LogP contribution in [0.2, 0.25) is 0 Å². The lowest BCUT2D eigenvalue weighted by Crippen LogP contribution is -2.08. The minimum absolute atomic E-state index is 0.205. The Hall–Kier alpha value is -3.26. The van der Waals surface area contributed by atoms with Crippen molar-refractivity contribution in [3.63, 3.8) is 0 Å². The smallest absolute Gasteiger partial charge is 0.330 e. The second-order valence-corrected chi connectivity index (χ2v) is 7.89. The van der Waals surface area contributed by atoms with Crippen molar-refractivity contribution >= 4 is 11.3 Å². The molecule has 0 spiro atoms. The molecule has 0 saturated carbocycles. The van der Waals surface area contributed by atoms with Gasteiger partial charge < -0.3 is 5.73 Å². The summed E-state index contributed by atoms with van der Waals surface area (Å²) in [5.74, 6) is 0. The highest BCUT2D eigenvalue weighted by Gasteiger charge is 2.33. The van der Waals surface area contributed by atoms with E-state index in [2.05, 4.69) is 21.7 Å². The number of allylic oxidation sites excluding steroid dienone is 5. The summed E-state index contributed by atoms with van der Waals surface area (Å²) < 4.78 is 41.5. The van der Waals surface area contributed by atoms with Crippen LogP contribution < -0.4 is 5.73 Å². The summed E-state index contributed by atoms with van der Waals surface area (Å²) in [6.07, 6.45) is 5.47. The molecule has 0 fully saturated rings. The van der Waals surface area contributed by atoms with Gasteiger partial charge in [0.15, 0.2) is 0 Å². The summed E-state index contributed by atoms with van der Waals surface area (Å²) in [6.45, 7) is 7.38. The van der Waals surface area contributed by atoms with E-state index in [9.17, 15) is 13.2 Å². The van der Waals surface area contributed by atoms with Crippen LogP contribution in [0.3, 0.4) is 0 Å². The number of nitrogens with zero attached hydrogens (tertiary/aromatic N) is 4. The van der Waals surface area contributed by atoms with Crippen LogP contribution in [-0.2, 0) is 19.1 Å². The molecule has 3 heterocycles. The second kappa shape index (κ2) is 8.70. The third kappa shape index (κ3) is 4.36. The van der Waals surface area contributed by atoms with Gasteiger partial charge in [0.25, 0.3) is 0 Å².